The summed E-state index contributed by atoms with van der Waals surface area (Å²) >= 11 is 3.14. The van der Waals surface area contributed by atoms with E-state index in [9.17, 15) is 9.90 Å². The van der Waals surface area contributed by atoms with Gasteiger partial charge in [0, 0.05) is 37.8 Å². The number of nitrogens with zero attached hydrogens (tertiary/aromatic N) is 1. The predicted molar refractivity (Wildman–Crippen MR) is 83.1 cm³/mol. The lowest BCUT2D eigenvalue weighted by molar-refractivity contribution is -0.119. The minimum atomic E-state index is -0.928. The molecule has 20 heavy (non-hydrogen) atoms. The van der Waals surface area contributed by atoms with Crippen LogP contribution in [0.1, 0.15) is 24.0 Å². The van der Waals surface area contributed by atoms with E-state index in [1.54, 1.807) is 25.4 Å². The van der Waals surface area contributed by atoms with Gasteiger partial charge >= 0.3 is 0 Å². The Labute approximate surface area is 128 Å². The average Bonchev–Trinajstić information content (AvgIpc) is 2.80. The monoisotopic (exact) mass is 318 g/mol. The van der Waals surface area contributed by atoms with Crippen molar-refractivity contribution in [2.75, 3.05) is 26.0 Å². The second-order valence-electron chi connectivity index (χ2n) is 4.87. The number of aromatic nitrogens is 1. The zero-order chi connectivity index (χ0) is 15.0. The summed E-state index contributed by atoms with van der Waals surface area (Å²) in [5.41, 5.74) is 0.0833. The van der Waals surface area contributed by atoms with Crippen molar-refractivity contribution in [3.8, 4) is 0 Å². The lowest BCUT2D eigenvalue weighted by Gasteiger charge is -2.23. The first-order chi connectivity index (χ1) is 9.43. The van der Waals surface area contributed by atoms with E-state index in [1.807, 2.05) is 12.3 Å². The van der Waals surface area contributed by atoms with Crippen molar-refractivity contribution in [2.24, 2.45) is 0 Å². The van der Waals surface area contributed by atoms with E-state index in [2.05, 4.69) is 10.3 Å². The summed E-state index contributed by atoms with van der Waals surface area (Å²) in [7, 11) is 1.59. The molecule has 1 rings (SSSR count). The Hall–Kier alpha value is -0.630. The first-order valence-corrected chi connectivity index (χ1v) is 8.43. The molecule has 1 heterocycles. The van der Waals surface area contributed by atoms with Gasteiger partial charge in [-0.05, 0) is 13.8 Å². The molecule has 0 fully saturated rings. The van der Waals surface area contributed by atoms with Gasteiger partial charge < -0.3 is 15.2 Å². The molecule has 114 valence electrons. The molecule has 0 aromatic carbocycles. The lowest BCUT2D eigenvalue weighted by Crippen LogP contribution is -2.42. The van der Waals surface area contributed by atoms with Gasteiger partial charge in [-0.2, -0.15) is 0 Å². The Morgan fingerprint density at radius 3 is 3.00 bits per heavy atom. The van der Waals surface area contributed by atoms with E-state index in [0.29, 0.717) is 18.8 Å². The topological polar surface area (TPSA) is 71.5 Å². The maximum Gasteiger partial charge on any atom is 0.230 e. The predicted octanol–water partition coefficient (Wildman–Crippen LogP) is 1.59. The van der Waals surface area contributed by atoms with Gasteiger partial charge in [-0.15, -0.1) is 23.1 Å². The Kier molecular flexibility index (Phi) is 7.50. The largest absolute Gasteiger partial charge is 0.388 e. The summed E-state index contributed by atoms with van der Waals surface area (Å²) in [4.78, 5) is 16.0. The van der Waals surface area contributed by atoms with Gasteiger partial charge in [0.2, 0.25) is 5.91 Å². The molecule has 0 saturated carbocycles. The number of amides is 1. The quantitative estimate of drug-likeness (QED) is 0.723. The maximum atomic E-state index is 11.7. The van der Waals surface area contributed by atoms with Crippen molar-refractivity contribution in [1.82, 2.24) is 10.3 Å². The van der Waals surface area contributed by atoms with Gasteiger partial charge in [-0.25, -0.2) is 4.98 Å². The van der Waals surface area contributed by atoms with Gasteiger partial charge in [0.1, 0.15) is 0 Å². The molecule has 7 heteroatoms. The summed E-state index contributed by atoms with van der Waals surface area (Å²) in [6.45, 7) is 4.37. The van der Waals surface area contributed by atoms with Gasteiger partial charge in [0.25, 0.3) is 0 Å². The Balaban J connectivity index is 2.17. The number of methoxy groups -OCH3 is 1. The summed E-state index contributed by atoms with van der Waals surface area (Å²) in [5, 5.41) is 15.8. The highest BCUT2D eigenvalue weighted by Crippen LogP contribution is 2.15. The first kappa shape index (κ1) is 17.4. The number of aliphatic hydroxyl groups is 1. The summed E-state index contributed by atoms with van der Waals surface area (Å²) in [6.07, 6.45) is 0.495. The van der Waals surface area contributed by atoms with Crippen LogP contribution in [-0.2, 0) is 15.3 Å². The Bertz CT molecular complexity index is 422. The second-order valence-corrected chi connectivity index (χ2v) is 6.91. The van der Waals surface area contributed by atoms with Crippen LogP contribution in [-0.4, -0.2) is 47.6 Å². The number of hydrogen-bond acceptors (Lipinski definition) is 6. The zero-order valence-electron chi connectivity index (χ0n) is 12.1. The highest BCUT2D eigenvalue weighted by Gasteiger charge is 2.20. The molecule has 1 aromatic heterocycles. The van der Waals surface area contributed by atoms with Crippen LogP contribution >= 0.6 is 23.1 Å². The van der Waals surface area contributed by atoms with Crippen LogP contribution in [0.3, 0.4) is 0 Å². The molecule has 0 aliphatic carbocycles. The van der Waals surface area contributed by atoms with E-state index in [-0.39, 0.29) is 12.5 Å². The number of thioether (sulfide) groups is 1. The SMILES string of the molecule is COCCC(C)(O)CNC(=O)CSCc1csc(C)n1. The summed E-state index contributed by atoms with van der Waals surface area (Å²) in [6, 6.07) is 0. The van der Waals surface area contributed by atoms with E-state index >= 15 is 0 Å². The molecular weight excluding hydrogens is 296 g/mol. The van der Waals surface area contributed by atoms with E-state index in [4.69, 9.17) is 4.74 Å². The molecule has 0 aliphatic heterocycles. The van der Waals surface area contributed by atoms with Crippen molar-refractivity contribution in [1.29, 1.82) is 0 Å². The smallest absolute Gasteiger partial charge is 0.230 e. The molecule has 0 spiro atoms. The van der Waals surface area contributed by atoms with Crippen LogP contribution in [0.25, 0.3) is 0 Å². The fourth-order valence-corrected chi connectivity index (χ4v) is 2.94. The molecule has 5 nitrogen and oxygen atoms in total. The van der Waals surface area contributed by atoms with Crippen molar-refractivity contribution < 1.29 is 14.6 Å². The highest BCUT2D eigenvalue weighted by molar-refractivity contribution is 7.99. The van der Waals surface area contributed by atoms with Crippen LogP contribution in [0, 0.1) is 6.92 Å². The number of rotatable bonds is 9. The summed E-state index contributed by atoms with van der Waals surface area (Å²) < 4.78 is 4.92. The number of carbonyl (C=O) groups excluding carboxylic acids is 1. The van der Waals surface area contributed by atoms with Gasteiger partial charge in [-0.1, -0.05) is 0 Å². The third kappa shape index (κ3) is 7.23. The molecule has 2 N–H and O–H groups in total. The normalized spacial score (nSPS) is 14.0. The minimum absolute atomic E-state index is 0.0698. The van der Waals surface area contributed by atoms with Crippen LogP contribution in [0.15, 0.2) is 5.38 Å². The fraction of sp³-hybridized carbons (Fsp3) is 0.692. The lowest BCUT2D eigenvalue weighted by atomic mass is 10.0. The van der Waals surface area contributed by atoms with E-state index in [0.717, 1.165) is 16.5 Å². The molecule has 0 aliphatic rings. The molecule has 1 aromatic rings. The Morgan fingerprint density at radius 1 is 1.65 bits per heavy atom. The van der Waals surface area contributed by atoms with Crippen LogP contribution in [0.2, 0.25) is 0 Å². The third-order valence-electron chi connectivity index (χ3n) is 2.66. The van der Waals surface area contributed by atoms with Crippen LogP contribution < -0.4 is 5.32 Å². The number of thiazole rings is 1. The van der Waals surface area contributed by atoms with Crippen molar-refractivity contribution in [2.45, 2.75) is 31.6 Å². The summed E-state index contributed by atoms with van der Waals surface area (Å²) in [5.74, 6) is 1.04. The third-order valence-corrected chi connectivity index (χ3v) is 4.45. The van der Waals surface area contributed by atoms with Gasteiger partial charge in [0.05, 0.1) is 22.1 Å². The molecule has 0 bridgehead atoms. The number of hydrogen-bond donors (Lipinski definition) is 2. The molecule has 0 saturated heterocycles. The van der Waals surface area contributed by atoms with Gasteiger partial charge in [0.15, 0.2) is 0 Å². The molecular formula is C13H22N2O3S2. The van der Waals surface area contributed by atoms with Crippen molar-refractivity contribution in [3.05, 3.63) is 16.1 Å². The zero-order valence-corrected chi connectivity index (χ0v) is 13.8. The number of nitrogens with one attached hydrogen (secondary N) is 1. The highest BCUT2D eigenvalue weighted by atomic mass is 32.2. The molecule has 1 atom stereocenters. The Morgan fingerprint density at radius 2 is 2.40 bits per heavy atom. The standard InChI is InChI=1S/C13H22N2O3S2/c1-10-15-11(7-20-10)6-19-8-12(16)14-9-13(2,17)4-5-18-3/h7,17H,4-6,8-9H2,1-3H3,(H,14,16). The van der Waals surface area contributed by atoms with E-state index < -0.39 is 5.60 Å². The van der Waals surface area contributed by atoms with Crippen LogP contribution in [0.4, 0.5) is 0 Å². The van der Waals surface area contributed by atoms with E-state index in [1.165, 1.54) is 11.8 Å². The molecule has 0 radical (unpaired) electrons. The van der Waals surface area contributed by atoms with Crippen molar-refractivity contribution in [3.63, 3.8) is 0 Å². The number of ether oxygens (including phenoxy) is 1. The number of carbonyl (C=O) groups is 1. The van der Waals surface area contributed by atoms with Crippen molar-refractivity contribution >= 4 is 29.0 Å². The first-order valence-electron chi connectivity index (χ1n) is 6.40. The number of aryl methyl sites for hydroxylation is 1. The molecule has 1 unspecified atom stereocenters. The van der Waals surface area contributed by atoms with Gasteiger partial charge in [-0.3, -0.25) is 4.79 Å². The van der Waals surface area contributed by atoms with Crippen LogP contribution in [0.5, 0.6) is 0 Å². The second kappa shape index (κ2) is 8.61. The maximum absolute atomic E-state index is 11.7. The average molecular weight is 318 g/mol. The minimum Gasteiger partial charge on any atom is -0.388 e. The fourth-order valence-electron chi connectivity index (χ4n) is 1.47. The molecule has 1 amide bonds.